The van der Waals surface area contributed by atoms with Crippen LogP contribution in [-0.4, -0.2) is 20.6 Å². The molecule has 0 atom stereocenters. The Labute approximate surface area is 116 Å². The van der Waals surface area contributed by atoms with Crippen LogP contribution in [0.15, 0.2) is 41.2 Å². The van der Waals surface area contributed by atoms with E-state index in [9.17, 15) is 23.5 Å². The highest BCUT2D eigenvalue weighted by Gasteiger charge is 2.18. The maximum Gasteiger partial charge on any atom is 0.337 e. The molecular formula is C14H8F2N2O3. The number of hydrogen-bond acceptors (Lipinski definition) is 2. The molecule has 0 spiro atoms. The number of aromatic nitrogens is 2. The number of para-hydroxylation sites is 1. The lowest BCUT2D eigenvalue weighted by Crippen LogP contribution is -2.17. The highest BCUT2D eigenvalue weighted by atomic mass is 19.1. The highest BCUT2D eigenvalue weighted by Crippen LogP contribution is 2.22. The molecule has 5 nitrogen and oxygen atoms in total. The van der Waals surface area contributed by atoms with Gasteiger partial charge in [0.1, 0.15) is 11.6 Å². The number of halogens is 2. The van der Waals surface area contributed by atoms with E-state index in [1.165, 1.54) is 18.2 Å². The van der Waals surface area contributed by atoms with E-state index in [1.807, 2.05) is 0 Å². The summed E-state index contributed by atoms with van der Waals surface area (Å²) in [5, 5.41) is 9.19. The highest BCUT2D eigenvalue weighted by molar-refractivity contribution is 6.01. The fourth-order valence-electron chi connectivity index (χ4n) is 2.22. The van der Waals surface area contributed by atoms with Crippen LogP contribution in [0.4, 0.5) is 8.78 Å². The number of rotatable bonds is 2. The molecule has 21 heavy (non-hydrogen) atoms. The number of carboxylic acids is 1. The van der Waals surface area contributed by atoms with Crippen LogP contribution in [0, 0.1) is 11.6 Å². The minimum absolute atomic E-state index is 0.0282. The first-order chi connectivity index (χ1) is 9.99. The lowest BCUT2D eigenvalue weighted by molar-refractivity contribution is 0.0698. The molecule has 106 valence electrons. The molecule has 2 aromatic carbocycles. The Bertz CT molecular complexity index is 928. The lowest BCUT2D eigenvalue weighted by Gasteiger charge is -2.07. The Morgan fingerprint density at radius 2 is 1.95 bits per heavy atom. The van der Waals surface area contributed by atoms with Gasteiger partial charge in [0, 0.05) is 6.07 Å². The van der Waals surface area contributed by atoms with Crippen LogP contribution >= 0.6 is 0 Å². The summed E-state index contributed by atoms with van der Waals surface area (Å²) >= 11 is 0. The van der Waals surface area contributed by atoms with E-state index in [2.05, 4.69) is 4.98 Å². The molecule has 0 fully saturated rings. The molecule has 1 aromatic heterocycles. The first-order valence-corrected chi connectivity index (χ1v) is 5.91. The predicted octanol–water partition coefficient (Wildman–Crippen LogP) is 2.30. The van der Waals surface area contributed by atoms with Gasteiger partial charge in [0.2, 0.25) is 0 Å². The zero-order valence-electron chi connectivity index (χ0n) is 10.4. The van der Waals surface area contributed by atoms with Crippen LogP contribution in [-0.2, 0) is 0 Å². The second kappa shape index (κ2) is 4.55. The fourth-order valence-corrected chi connectivity index (χ4v) is 2.22. The number of H-pyrrole nitrogens is 1. The van der Waals surface area contributed by atoms with E-state index in [4.69, 9.17) is 0 Å². The fraction of sp³-hybridized carbons (Fsp3) is 0. The summed E-state index contributed by atoms with van der Waals surface area (Å²) < 4.78 is 27.8. The van der Waals surface area contributed by atoms with Crippen LogP contribution in [0.3, 0.4) is 0 Å². The lowest BCUT2D eigenvalue weighted by atomic mass is 10.1. The van der Waals surface area contributed by atoms with Gasteiger partial charge in [-0.25, -0.2) is 18.4 Å². The summed E-state index contributed by atoms with van der Waals surface area (Å²) in [7, 11) is 0. The van der Waals surface area contributed by atoms with Crippen LogP contribution in [0.2, 0.25) is 0 Å². The van der Waals surface area contributed by atoms with Crippen molar-refractivity contribution in [3.63, 3.8) is 0 Å². The zero-order valence-corrected chi connectivity index (χ0v) is 10.4. The van der Waals surface area contributed by atoms with E-state index >= 15 is 0 Å². The van der Waals surface area contributed by atoms with Gasteiger partial charge in [-0.15, -0.1) is 0 Å². The molecule has 7 heteroatoms. The van der Waals surface area contributed by atoms with Gasteiger partial charge in [0.15, 0.2) is 0 Å². The first kappa shape index (κ1) is 13.0. The SMILES string of the molecule is O=C(O)c1cccc2[nH]c(=O)n(-c3ccc(F)cc3F)c12. The zero-order chi connectivity index (χ0) is 15.1. The van der Waals surface area contributed by atoms with Gasteiger partial charge >= 0.3 is 11.7 Å². The number of fused-ring (bicyclic) bond motifs is 1. The molecule has 1 heterocycles. The van der Waals surface area contributed by atoms with Crippen molar-refractivity contribution in [1.29, 1.82) is 0 Å². The Morgan fingerprint density at radius 1 is 1.19 bits per heavy atom. The van der Waals surface area contributed by atoms with Crippen molar-refractivity contribution in [3.8, 4) is 5.69 Å². The monoisotopic (exact) mass is 290 g/mol. The van der Waals surface area contributed by atoms with Crippen molar-refractivity contribution in [2.24, 2.45) is 0 Å². The van der Waals surface area contributed by atoms with Crippen molar-refractivity contribution in [2.45, 2.75) is 0 Å². The quantitative estimate of drug-likeness (QED) is 0.760. The molecule has 2 N–H and O–H groups in total. The first-order valence-electron chi connectivity index (χ1n) is 5.91. The smallest absolute Gasteiger partial charge is 0.337 e. The van der Waals surface area contributed by atoms with Gasteiger partial charge in [-0.2, -0.15) is 0 Å². The van der Waals surface area contributed by atoms with E-state index in [0.717, 1.165) is 16.7 Å². The maximum absolute atomic E-state index is 13.9. The van der Waals surface area contributed by atoms with E-state index in [0.29, 0.717) is 6.07 Å². The number of carbonyl (C=O) groups is 1. The molecule has 0 unspecified atom stereocenters. The number of carboxylic acid groups (broad SMARTS) is 1. The van der Waals surface area contributed by atoms with Crippen LogP contribution < -0.4 is 5.69 Å². The number of benzene rings is 2. The van der Waals surface area contributed by atoms with Gasteiger partial charge in [-0.05, 0) is 24.3 Å². The standard InChI is InChI=1S/C14H8F2N2O3/c15-7-4-5-11(9(16)6-7)18-12-8(13(19)20)2-1-3-10(12)17-14(18)21/h1-6H,(H,17,21)(H,19,20). The number of imidazole rings is 1. The van der Waals surface area contributed by atoms with E-state index < -0.39 is 23.3 Å². The van der Waals surface area contributed by atoms with Gasteiger partial charge in [0.25, 0.3) is 0 Å². The van der Waals surface area contributed by atoms with Crippen molar-refractivity contribution in [1.82, 2.24) is 9.55 Å². The molecule has 0 aliphatic carbocycles. The van der Waals surface area contributed by atoms with Gasteiger partial charge in [-0.1, -0.05) is 6.07 Å². The van der Waals surface area contributed by atoms with Crippen molar-refractivity contribution in [2.75, 3.05) is 0 Å². The summed E-state index contributed by atoms with van der Waals surface area (Å²) in [6.07, 6.45) is 0. The number of aromatic carboxylic acids is 1. The molecule has 0 aliphatic heterocycles. The second-order valence-electron chi connectivity index (χ2n) is 4.37. The Hall–Kier alpha value is -2.96. The predicted molar refractivity (Wildman–Crippen MR) is 70.8 cm³/mol. The Kier molecular flexibility index (Phi) is 2.83. The van der Waals surface area contributed by atoms with Gasteiger partial charge < -0.3 is 10.1 Å². The molecule has 0 saturated heterocycles. The third kappa shape index (κ3) is 1.99. The average Bonchev–Trinajstić information content (AvgIpc) is 2.74. The number of nitrogens with zero attached hydrogens (tertiary/aromatic N) is 1. The topological polar surface area (TPSA) is 75.1 Å². The van der Waals surface area contributed by atoms with E-state index in [-0.39, 0.29) is 22.3 Å². The molecule has 0 aliphatic rings. The van der Waals surface area contributed by atoms with Crippen molar-refractivity contribution < 1.29 is 18.7 Å². The molecule has 0 radical (unpaired) electrons. The molecule has 0 saturated carbocycles. The molecular weight excluding hydrogens is 282 g/mol. The summed E-state index contributed by atoms with van der Waals surface area (Å²) in [4.78, 5) is 25.7. The molecule has 3 aromatic rings. The number of hydrogen-bond donors (Lipinski definition) is 2. The average molecular weight is 290 g/mol. The van der Waals surface area contributed by atoms with Crippen molar-refractivity contribution in [3.05, 3.63) is 64.1 Å². The Balaban J connectivity index is 2.45. The minimum atomic E-state index is -1.25. The van der Waals surface area contributed by atoms with Crippen molar-refractivity contribution >= 4 is 17.0 Å². The van der Waals surface area contributed by atoms with Gasteiger partial charge in [-0.3, -0.25) is 4.57 Å². The summed E-state index contributed by atoms with van der Waals surface area (Å²) in [6.45, 7) is 0. The second-order valence-corrected chi connectivity index (χ2v) is 4.37. The summed E-state index contributed by atoms with van der Waals surface area (Å²) in [5.41, 5.74) is -0.802. The van der Waals surface area contributed by atoms with Crippen LogP contribution in [0.25, 0.3) is 16.7 Å². The van der Waals surface area contributed by atoms with E-state index in [1.54, 1.807) is 0 Å². The largest absolute Gasteiger partial charge is 0.478 e. The molecule has 3 rings (SSSR count). The Morgan fingerprint density at radius 3 is 2.62 bits per heavy atom. The van der Waals surface area contributed by atoms with Crippen LogP contribution in [0.5, 0.6) is 0 Å². The summed E-state index contributed by atoms with van der Waals surface area (Å²) in [6, 6.07) is 6.97. The normalized spacial score (nSPS) is 11.0. The third-order valence-electron chi connectivity index (χ3n) is 3.09. The maximum atomic E-state index is 13.9. The van der Waals surface area contributed by atoms with Crippen LogP contribution in [0.1, 0.15) is 10.4 Å². The third-order valence-corrected chi connectivity index (χ3v) is 3.09. The molecule has 0 amide bonds. The number of aromatic amines is 1. The summed E-state index contributed by atoms with van der Waals surface area (Å²) in [5.74, 6) is -3.00. The minimum Gasteiger partial charge on any atom is -0.478 e. The number of nitrogens with one attached hydrogen (secondary N) is 1. The van der Waals surface area contributed by atoms with Gasteiger partial charge in [0.05, 0.1) is 22.3 Å². The molecule has 0 bridgehead atoms.